The molecule has 0 aliphatic rings. The van der Waals surface area contributed by atoms with Gasteiger partial charge in [-0.3, -0.25) is 14.5 Å². The fraction of sp³-hybridized carbons (Fsp3) is 0.0588. The van der Waals surface area contributed by atoms with Gasteiger partial charge in [0.2, 0.25) is 0 Å². The number of nitrogens with one attached hydrogen (secondary N) is 1. The van der Waals surface area contributed by atoms with Gasteiger partial charge >= 0.3 is 0 Å². The molecule has 1 aromatic carbocycles. The van der Waals surface area contributed by atoms with Crippen molar-refractivity contribution in [2.24, 2.45) is 0 Å². The fourth-order valence-electron chi connectivity index (χ4n) is 2.43. The number of hydrogen-bond donors (Lipinski definition) is 1. The van der Waals surface area contributed by atoms with E-state index in [1.807, 2.05) is 18.3 Å². The van der Waals surface area contributed by atoms with E-state index in [1.165, 1.54) is 11.0 Å². The zero-order valence-electron chi connectivity index (χ0n) is 13.6. The molecule has 0 saturated heterocycles. The van der Waals surface area contributed by atoms with Crippen LogP contribution >= 0.6 is 0 Å². The lowest BCUT2D eigenvalue weighted by Gasteiger charge is -2.04. The Morgan fingerprint density at radius 3 is 2.73 bits per heavy atom. The molecule has 9 nitrogen and oxygen atoms in total. The Bertz CT molecular complexity index is 993. The molecule has 3 heterocycles. The molecule has 0 bridgehead atoms. The maximum atomic E-state index is 12.4. The van der Waals surface area contributed by atoms with Crippen LogP contribution in [0.3, 0.4) is 0 Å². The van der Waals surface area contributed by atoms with Crippen molar-refractivity contribution in [1.82, 2.24) is 35.0 Å². The summed E-state index contributed by atoms with van der Waals surface area (Å²) in [5.74, 6) is 0.253. The Balaban J connectivity index is 1.42. The zero-order chi connectivity index (χ0) is 17.8. The molecule has 0 fully saturated rings. The first-order chi connectivity index (χ1) is 12.8. The summed E-state index contributed by atoms with van der Waals surface area (Å²) in [4.78, 5) is 16.4. The van der Waals surface area contributed by atoms with Gasteiger partial charge in [-0.25, -0.2) is 4.68 Å². The Labute approximate surface area is 148 Å². The molecule has 1 N–H and O–H groups in total. The largest absolute Gasteiger partial charge is 0.305 e. The molecule has 0 atom stereocenters. The second-order valence-corrected chi connectivity index (χ2v) is 5.52. The Kier molecular flexibility index (Phi) is 4.17. The molecular formula is C17H14N8O. The lowest BCUT2D eigenvalue weighted by Crippen LogP contribution is -2.13. The summed E-state index contributed by atoms with van der Waals surface area (Å²) < 4.78 is 3.26. The van der Waals surface area contributed by atoms with Crippen LogP contribution in [-0.2, 0) is 6.54 Å². The van der Waals surface area contributed by atoms with E-state index in [1.54, 1.807) is 47.4 Å². The number of anilines is 1. The van der Waals surface area contributed by atoms with Crippen LogP contribution in [0.1, 0.15) is 15.9 Å². The first-order valence-corrected chi connectivity index (χ1v) is 7.85. The van der Waals surface area contributed by atoms with Gasteiger partial charge in [0.25, 0.3) is 5.91 Å². The molecule has 0 radical (unpaired) electrons. The third-order valence-corrected chi connectivity index (χ3v) is 3.69. The van der Waals surface area contributed by atoms with Crippen LogP contribution < -0.4 is 5.32 Å². The summed E-state index contributed by atoms with van der Waals surface area (Å²) in [6, 6.07) is 12.6. The molecule has 0 spiro atoms. The average Bonchev–Trinajstić information content (AvgIpc) is 3.35. The number of rotatable bonds is 5. The smallest absolute Gasteiger partial charge is 0.256 e. The van der Waals surface area contributed by atoms with Crippen molar-refractivity contribution in [2.45, 2.75) is 6.54 Å². The summed E-state index contributed by atoms with van der Waals surface area (Å²) in [6.07, 6.45) is 6.81. The molecule has 0 aliphatic carbocycles. The molecule has 128 valence electrons. The van der Waals surface area contributed by atoms with E-state index in [-0.39, 0.29) is 5.91 Å². The standard InChI is InChI=1S/C17H14N8O/c26-17(14-3-5-15(6-4-14)25-12-19-22-23-25)20-16-7-9-24(21-16)11-13-2-1-8-18-10-13/h1-10,12H,11H2,(H,20,21,26). The minimum absolute atomic E-state index is 0.236. The number of benzene rings is 1. The number of tetrazole rings is 1. The van der Waals surface area contributed by atoms with Crippen LogP contribution in [0.25, 0.3) is 5.69 Å². The van der Waals surface area contributed by atoms with E-state index in [2.05, 4.69) is 30.9 Å². The predicted molar refractivity (Wildman–Crippen MR) is 92.7 cm³/mol. The zero-order valence-corrected chi connectivity index (χ0v) is 13.6. The molecule has 9 heteroatoms. The summed E-state index contributed by atoms with van der Waals surface area (Å²) >= 11 is 0. The van der Waals surface area contributed by atoms with Gasteiger partial charge in [0.15, 0.2) is 5.82 Å². The third-order valence-electron chi connectivity index (χ3n) is 3.69. The number of pyridine rings is 1. The SMILES string of the molecule is O=C(Nc1ccn(Cc2cccnc2)n1)c1ccc(-n2cnnn2)cc1. The van der Waals surface area contributed by atoms with E-state index < -0.39 is 0 Å². The molecule has 3 aromatic heterocycles. The van der Waals surface area contributed by atoms with Crippen molar-refractivity contribution >= 4 is 11.7 Å². The van der Waals surface area contributed by atoms with E-state index in [0.29, 0.717) is 17.9 Å². The second kappa shape index (κ2) is 6.93. The van der Waals surface area contributed by atoms with Crippen LogP contribution in [0.5, 0.6) is 0 Å². The van der Waals surface area contributed by atoms with Crippen molar-refractivity contribution in [2.75, 3.05) is 5.32 Å². The van der Waals surface area contributed by atoms with Crippen LogP contribution in [0.2, 0.25) is 0 Å². The lowest BCUT2D eigenvalue weighted by molar-refractivity contribution is 0.102. The normalized spacial score (nSPS) is 10.6. The minimum atomic E-state index is -0.236. The highest BCUT2D eigenvalue weighted by Gasteiger charge is 2.09. The van der Waals surface area contributed by atoms with Gasteiger partial charge in [0.1, 0.15) is 6.33 Å². The maximum absolute atomic E-state index is 12.4. The summed E-state index contributed by atoms with van der Waals surface area (Å²) in [6.45, 7) is 0.588. The highest BCUT2D eigenvalue weighted by atomic mass is 16.1. The molecule has 0 unspecified atom stereocenters. The second-order valence-electron chi connectivity index (χ2n) is 5.52. The highest BCUT2D eigenvalue weighted by Crippen LogP contribution is 2.11. The number of nitrogens with zero attached hydrogens (tertiary/aromatic N) is 7. The van der Waals surface area contributed by atoms with Crippen LogP contribution in [0.15, 0.2) is 67.4 Å². The lowest BCUT2D eigenvalue weighted by atomic mass is 10.2. The van der Waals surface area contributed by atoms with Crippen molar-refractivity contribution in [3.63, 3.8) is 0 Å². The summed E-state index contributed by atoms with van der Waals surface area (Å²) in [5, 5.41) is 18.1. The first kappa shape index (κ1) is 15.6. The van der Waals surface area contributed by atoms with Crippen LogP contribution in [0, 0.1) is 0 Å². The number of carbonyl (C=O) groups excluding carboxylic acids is 1. The first-order valence-electron chi connectivity index (χ1n) is 7.85. The van der Waals surface area contributed by atoms with Crippen LogP contribution in [-0.4, -0.2) is 40.9 Å². The minimum Gasteiger partial charge on any atom is -0.305 e. The Morgan fingerprint density at radius 2 is 2.00 bits per heavy atom. The summed E-state index contributed by atoms with van der Waals surface area (Å²) in [7, 11) is 0. The van der Waals surface area contributed by atoms with Gasteiger partial charge in [-0.1, -0.05) is 6.07 Å². The number of amides is 1. The Morgan fingerprint density at radius 1 is 1.12 bits per heavy atom. The maximum Gasteiger partial charge on any atom is 0.256 e. The van der Waals surface area contributed by atoms with E-state index in [9.17, 15) is 4.79 Å². The van der Waals surface area contributed by atoms with E-state index in [0.717, 1.165) is 11.3 Å². The van der Waals surface area contributed by atoms with Crippen molar-refractivity contribution in [3.8, 4) is 5.69 Å². The van der Waals surface area contributed by atoms with Gasteiger partial charge in [0.05, 0.1) is 12.2 Å². The fourth-order valence-corrected chi connectivity index (χ4v) is 2.43. The van der Waals surface area contributed by atoms with E-state index in [4.69, 9.17) is 0 Å². The number of aromatic nitrogens is 7. The van der Waals surface area contributed by atoms with Gasteiger partial charge in [-0.15, -0.1) is 5.10 Å². The Hall–Kier alpha value is -3.88. The molecular weight excluding hydrogens is 332 g/mol. The predicted octanol–water partition coefficient (Wildman–Crippen LogP) is 1.55. The molecule has 0 aliphatic heterocycles. The van der Waals surface area contributed by atoms with Gasteiger partial charge < -0.3 is 5.32 Å². The number of carbonyl (C=O) groups is 1. The van der Waals surface area contributed by atoms with E-state index >= 15 is 0 Å². The molecule has 26 heavy (non-hydrogen) atoms. The quantitative estimate of drug-likeness (QED) is 0.588. The highest BCUT2D eigenvalue weighted by molar-refractivity contribution is 6.03. The monoisotopic (exact) mass is 346 g/mol. The third kappa shape index (κ3) is 3.46. The topological polar surface area (TPSA) is 103 Å². The van der Waals surface area contributed by atoms with Crippen LogP contribution in [0.4, 0.5) is 5.82 Å². The molecule has 0 saturated carbocycles. The summed E-state index contributed by atoms with van der Waals surface area (Å²) in [5.41, 5.74) is 2.32. The van der Waals surface area contributed by atoms with Gasteiger partial charge in [-0.2, -0.15) is 5.10 Å². The van der Waals surface area contributed by atoms with Crippen molar-refractivity contribution in [3.05, 3.63) is 78.5 Å². The van der Waals surface area contributed by atoms with Gasteiger partial charge in [-0.05, 0) is 46.3 Å². The van der Waals surface area contributed by atoms with Crippen molar-refractivity contribution in [1.29, 1.82) is 0 Å². The number of hydrogen-bond acceptors (Lipinski definition) is 6. The molecule has 4 aromatic rings. The molecule has 4 rings (SSSR count). The van der Waals surface area contributed by atoms with Crippen molar-refractivity contribution < 1.29 is 4.79 Å². The molecule has 1 amide bonds. The van der Waals surface area contributed by atoms with Gasteiger partial charge in [0, 0.05) is 30.2 Å². The average molecular weight is 346 g/mol.